The molecule has 0 spiro atoms. The fourth-order valence-electron chi connectivity index (χ4n) is 8.03. The number of ether oxygens (including phenoxy) is 3. The predicted molar refractivity (Wildman–Crippen MR) is 316 cm³/mol. The summed E-state index contributed by atoms with van der Waals surface area (Å²) >= 11 is 0. The van der Waals surface area contributed by atoms with E-state index < -0.39 is 6.10 Å². The zero-order valence-corrected chi connectivity index (χ0v) is 47.4. The first-order chi connectivity index (χ1) is 36.0. The highest BCUT2D eigenvalue weighted by Gasteiger charge is 2.19. The SMILES string of the molecule is CC/C=C\C/C=C\C/C=C\C/C=C\C/C=C\CCCCCC(=O)OCC(COC(=O)CCC/C=C\C/C=C\C/C=C\C/C=C\C/C=C\CC)OC(=O)CCCCCCCCCCCCCCCCCCCCC. The fraction of sp³-hybridized carbons (Fsp3) is 0.657. The van der Waals surface area contributed by atoms with Crippen molar-refractivity contribution in [1.29, 1.82) is 0 Å². The summed E-state index contributed by atoms with van der Waals surface area (Å²) < 4.78 is 16.8. The van der Waals surface area contributed by atoms with Crippen molar-refractivity contribution >= 4 is 17.9 Å². The molecule has 0 aliphatic heterocycles. The lowest BCUT2D eigenvalue weighted by Crippen LogP contribution is -2.30. The van der Waals surface area contributed by atoms with E-state index in [9.17, 15) is 14.4 Å². The quantitative estimate of drug-likeness (QED) is 0.0261. The Kier molecular flexibility index (Phi) is 56.9. The maximum Gasteiger partial charge on any atom is 0.306 e. The minimum atomic E-state index is -0.818. The van der Waals surface area contributed by atoms with Crippen molar-refractivity contribution < 1.29 is 28.6 Å². The molecule has 0 aromatic rings. The zero-order valence-electron chi connectivity index (χ0n) is 47.4. The average molecular weight is 1010 g/mol. The molecule has 0 aromatic heterocycles. The molecule has 414 valence electrons. The van der Waals surface area contributed by atoms with E-state index in [2.05, 4.69) is 142 Å². The molecule has 0 saturated carbocycles. The lowest BCUT2D eigenvalue weighted by molar-refractivity contribution is -0.167. The predicted octanol–water partition coefficient (Wildman–Crippen LogP) is 20.4. The van der Waals surface area contributed by atoms with Gasteiger partial charge in [0.25, 0.3) is 0 Å². The van der Waals surface area contributed by atoms with Gasteiger partial charge in [0.1, 0.15) is 13.2 Å². The standard InChI is InChI=1S/C67H110O6/c1-4-7-10-13-16-19-22-25-28-31-33-36-39-42-45-48-51-54-57-60-66(69)72-63-64(62-71-65(68)59-56-53-50-47-44-41-38-35-30-27-24-21-18-15-12-9-6-3)73-67(70)61-58-55-52-49-46-43-40-37-34-32-29-26-23-20-17-14-11-8-5-2/h7,9-10,12,16,18-19,21,25,27-28,30,33,36,38,41-42,45,47,50,64H,4-6,8,11,13-15,17,20,22-24,26,29,31-32,34-35,37,39-40,43-44,46,48-49,51-63H2,1-3H3/b10-7-,12-9-,19-16-,21-18-,28-25-,30-27-,36-33-,41-38-,45-42-,50-47-. The summed E-state index contributed by atoms with van der Waals surface area (Å²) in [6.07, 6.45) is 83.4. The molecule has 6 nitrogen and oxygen atoms in total. The Bertz CT molecular complexity index is 1540. The molecule has 1 unspecified atom stereocenters. The summed E-state index contributed by atoms with van der Waals surface area (Å²) in [4.78, 5) is 38.2. The number of hydrogen-bond acceptors (Lipinski definition) is 6. The van der Waals surface area contributed by atoms with Crippen LogP contribution in [0.2, 0.25) is 0 Å². The Morgan fingerprint density at radius 1 is 0.288 bits per heavy atom. The Morgan fingerprint density at radius 2 is 0.548 bits per heavy atom. The van der Waals surface area contributed by atoms with Gasteiger partial charge in [0.2, 0.25) is 0 Å². The van der Waals surface area contributed by atoms with E-state index >= 15 is 0 Å². The van der Waals surface area contributed by atoms with Crippen molar-refractivity contribution in [3.05, 3.63) is 122 Å². The number of allylic oxidation sites excluding steroid dienone is 20. The molecule has 73 heavy (non-hydrogen) atoms. The number of unbranched alkanes of at least 4 members (excludes halogenated alkanes) is 22. The Morgan fingerprint density at radius 3 is 0.890 bits per heavy atom. The molecule has 1 atom stereocenters. The number of carbonyl (C=O) groups is 3. The Hall–Kier alpha value is -4.19. The van der Waals surface area contributed by atoms with Crippen molar-refractivity contribution in [2.45, 2.75) is 271 Å². The highest BCUT2D eigenvalue weighted by molar-refractivity contribution is 5.71. The van der Waals surface area contributed by atoms with E-state index in [1.165, 1.54) is 103 Å². The van der Waals surface area contributed by atoms with Gasteiger partial charge in [-0.05, 0) is 103 Å². The molecule has 0 aromatic carbocycles. The molecule has 0 fully saturated rings. The van der Waals surface area contributed by atoms with Crippen LogP contribution in [0.1, 0.15) is 265 Å². The molecule has 0 aliphatic rings. The minimum absolute atomic E-state index is 0.114. The number of carbonyl (C=O) groups excluding carboxylic acids is 3. The van der Waals surface area contributed by atoms with Crippen LogP contribution in [0.25, 0.3) is 0 Å². The summed E-state index contributed by atoms with van der Waals surface area (Å²) in [7, 11) is 0. The molecule has 0 radical (unpaired) electrons. The third-order valence-electron chi connectivity index (χ3n) is 12.5. The second kappa shape index (κ2) is 60.4. The molecule has 0 heterocycles. The van der Waals surface area contributed by atoms with Crippen LogP contribution >= 0.6 is 0 Å². The second-order valence-electron chi connectivity index (χ2n) is 19.5. The zero-order chi connectivity index (χ0) is 52.9. The maximum absolute atomic E-state index is 12.9. The van der Waals surface area contributed by atoms with E-state index in [-0.39, 0.29) is 37.5 Å². The first-order valence-corrected chi connectivity index (χ1v) is 30.0. The largest absolute Gasteiger partial charge is 0.462 e. The number of hydrogen-bond donors (Lipinski definition) is 0. The van der Waals surface area contributed by atoms with Crippen LogP contribution in [0.15, 0.2) is 122 Å². The van der Waals surface area contributed by atoms with Gasteiger partial charge in [0.05, 0.1) is 0 Å². The van der Waals surface area contributed by atoms with Gasteiger partial charge in [-0.3, -0.25) is 14.4 Å². The Labute approximate surface area is 450 Å². The molecule has 0 amide bonds. The summed E-state index contributed by atoms with van der Waals surface area (Å²) in [5.41, 5.74) is 0. The highest BCUT2D eigenvalue weighted by Crippen LogP contribution is 2.16. The molecule has 0 rings (SSSR count). The van der Waals surface area contributed by atoms with Crippen LogP contribution in [0.4, 0.5) is 0 Å². The van der Waals surface area contributed by atoms with Gasteiger partial charge < -0.3 is 14.2 Å². The lowest BCUT2D eigenvalue weighted by Gasteiger charge is -2.18. The van der Waals surface area contributed by atoms with Gasteiger partial charge >= 0.3 is 17.9 Å². The van der Waals surface area contributed by atoms with Crippen LogP contribution in [-0.2, 0) is 28.6 Å². The molecule has 0 aliphatic carbocycles. The van der Waals surface area contributed by atoms with Crippen molar-refractivity contribution in [3.63, 3.8) is 0 Å². The smallest absolute Gasteiger partial charge is 0.306 e. The summed E-state index contributed by atoms with van der Waals surface area (Å²) in [6, 6.07) is 0. The van der Waals surface area contributed by atoms with Gasteiger partial charge in [0.15, 0.2) is 6.10 Å². The first-order valence-electron chi connectivity index (χ1n) is 30.0. The van der Waals surface area contributed by atoms with Gasteiger partial charge in [-0.2, -0.15) is 0 Å². The third-order valence-corrected chi connectivity index (χ3v) is 12.5. The van der Waals surface area contributed by atoms with E-state index in [1.807, 2.05) is 0 Å². The molecule has 0 saturated heterocycles. The van der Waals surface area contributed by atoms with E-state index in [0.29, 0.717) is 19.3 Å². The van der Waals surface area contributed by atoms with Crippen LogP contribution in [0, 0.1) is 0 Å². The topological polar surface area (TPSA) is 78.9 Å². The lowest BCUT2D eigenvalue weighted by atomic mass is 10.0. The average Bonchev–Trinajstić information content (AvgIpc) is 3.39. The Balaban J connectivity index is 4.52. The normalized spacial score (nSPS) is 13.0. The molecule has 0 bridgehead atoms. The van der Waals surface area contributed by atoms with E-state index in [1.54, 1.807) is 0 Å². The second-order valence-corrected chi connectivity index (χ2v) is 19.5. The van der Waals surface area contributed by atoms with Gasteiger partial charge in [-0.1, -0.05) is 264 Å². The van der Waals surface area contributed by atoms with Crippen molar-refractivity contribution in [2.24, 2.45) is 0 Å². The van der Waals surface area contributed by atoms with Crippen molar-refractivity contribution in [1.82, 2.24) is 0 Å². The molecular weight excluding hydrogens is 901 g/mol. The third kappa shape index (κ3) is 58.6. The van der Waals surface area contributed by atoms with Crippen LogP contribution in [0.5, 0.6) is 0 Å². The van der Waals surface area contributed by atoms with Gasteiger partial charge in [-0.25, -0.2) is 0 Å². The first kappa shape index (κ1) is 68.8. The summed E-state index contributed by atoms with van der Waals surface area (Å²) in [6.45, 7) is 6.35. The summed E-state index contributed by atoms with van der Waals surface area (Å²) in [5, 5.41) is 0. The van der Waals surface area contributed by atoms with Gasteiger partial charge in [0, 0.05) is 19.3 Å². The van der Waals surface area contributed by atoms with Crippen molar-refractivity contribution in [3.8, 4) is 0 Å². The number of rotatable bonds is 53. The van der Waals surface area contributed by atoms with Gasteiger partial charge in [-0.15, -0.1) is 0 Å². The van der Waals surface area contributed by atoms with E-state index in [4.69, 9.17) is 14.2 Å². The fourth-order valence-corrected chi connectivity index (χ4v) is 8.03. The van der Waals surface area contributed by atoms with Crippen LogP contribution in [-0.4, -0.2) is 37.2 Å². The van der Waals surface area contributed by atoms with Crippen molar-refractivity contribution in [2.75, 3.05) is 13.2 Å². The van der Waals surface area contributed by atoms with Crippen LogP contribution in [0.3, 0.4) is 0 Å². The van der Waals surface area contributed by atoms with Crippen LogP contribution < -0.4 is 0 Å². The monoisotopic (exact) mass is 1010 g/mol. The minimum Gasteiger partial charge on any atom is -0.462 e. The molecule has 6 heteroatoms. The van der Waals surface area contributed by atoms with E-state index in [0.717, 1.165) is 116 Å². The summed E-state index contributed by atoms with van der Waals surface area (Å²) in [5.74, 6) is -0.998. The molecule has 0 N–H and O–H groups in total. The highest BCUT2D eigenvalue weighted by atomic mass is 16.6. The molecular formula is C67H110O6. The maximum atomic E-state index is 12.9. The number of esters is 3.